The standard InChI is InChI=1S/C13H14N4O2/c1-19-12-5-4-9(14)7-11(12)13(18)15-8-10-3-2-6-16-17-10/h2-7H,8,14H2,1H3,(H,15,18). The van der Waals surface area contributed by atoms with Crippen molar-refractivity contribution < 1.29 is 9.53 Å². The number of hydrogen-bond acceptors (Lipinski definition) is 5. The number of benzene rings is 1. The molecule has 3 N–H and O–H groups in total. The number of nitrogen functional groups attached to an aromatic ring is 1. The highest BCUT2D eigenvalue weighted by atomic mass is 16.5. The second-order valence-corrected chi connectivity index (χ2v) is 3.86. The molecule has 0 atom stereocenters. The molecule has 1 heterocycles. The minimum absolute atomic E-state index is 0.269. The number of nitrogens with one attached hydrogen (secondary N) is 1. The zero-order chi connectivity index (χ0) is 13.7. The first-order valence-corrected chi connectivity index (χ1v) is 5.69. The third kappa shape index (κ3) is 3.19. The summed E-state index contributed by atoms with van der Waals surface area (Å²) in [5.74, 6) is 0.209. The van der Waals surface area contributed by atoms with E-state index >= 15 is 0 Å². The molecule has 6 heteroatoms. The molecule has 2 aromatic rings. The van der Waals surface area contributed by atoms with Crippen LogP contribution in [-0.4, -0.2) is 23.2 Å². The molecule has 0 bridgehead atoms. The predicted octanol–water partition coefficient (Wildman–Crippen LogP) is 0.997. The van der Waals surface area contributed by atoms with E-state index in [1.807, 2.05) is 0 Å². The lowest BCUT2D eigenvalue weighted by molar-refractivity contribution is 0.0947. The number of amides is 1. The van der Waals surface area contributed by atoms with Crippen molar-refractivity contribution in [1.82, 2.24) is 15.5 Å². The average molecular weight is 258 g/mol. The highest BCUT2D eigenvalue weighted by Crippen LogP contribution is 2.20. The number of ether oxygens (including phenoxy) is 1. The SMILES string of the molecule is COc1ccc(N)cc1C(=O)NCc1cccnn1. The third-order valence-corrected chi connectivity index (χ3v) is 2.53. The molecule has 1 aromatic heterocycles. The Morgan fingerprint density at radius 1 is 1.42 bits per heavy atom. The van der Waals surface area contributed by atoms with Crippen molar-refractivity contribution in [2.24, 2.45) is 0 Å². The molecular weight excluding hydrogens is 244 g/mol. The summed E-state index contributed by atoms with van der Waals surface area (Å²) in [5.41, 5.74) is 7.25. The normalized spacial score (nSPS) is 9.95. The van der Waals surface area contributed by atoms with E-state index in [-0.39, 0.29) is 5.91 Å². The van der Waals surface area contributed by atoms with Crippen molar-refractivity contribution in [3.05, 3.63) is 47.8 Å². The molecule has 1 amide bonds. The summed E-state index contributed by atoms with van der Waals surface area (Å²) in [6, 6.07) is 8.45. The fourth-order valence-electron chi connectivity index (χ4n) is 1.60. The molecule has 98 valence electrons. The fourth-order valence-corrected chi connectivity index (χ4v) is 1.60. The first-order chi connectivity index (χ1) is 9.20. The molecule has 0 aliphatic rings. The summed E-state index contributed by atoms with van der Waals surface area (Å²) >= 11 is 0. The lowest BCUT2D eigenvalue weighted by Gasteiger charge is -2.09. The number of rotatable bonds is 4. The summed E-state index contributed by atoms with van der Waals surface area (Å²) in [4.78, 5) is 12.1. The molecule has 0 spiro atoms. The molecule has 19 heavy (non-hydrogen) atoms. The molecular formula is C13H14N4O2. The largest absolute Gasteiger partial charge is 0.496 e. The van der Waals surface area contributed by atoms with Crippen LogP contribution < -0.4 is 15.8 Å². The minimum atomic E-state index is -0.269. The van der Waals surface area contributed by atoms with Crippen LogP contribution >= 0.6 is 0 Å². The van der Waals surface area contributed by atoms with Gasteiger partial charge in [-0.1, -0.05) is 0 Å². The van der Waals surface area contributed by atoms with Gasteiger partial charge < -0.3 is 15.8 Å². The molecule has 0 aliphatic carbocycles. The monoisotopic (exact) mass is 258 g/mol. The van der Waals surface area contributed by atoms with Crippen molar-refractivity contribution in [1.29, 1.82) is 0 Å². The zero-order valence-corrected chi connectivity index (χ0v) is 10.5. The Hall–Kier alpha value is -2.63. The van der Waals surface area contributed by atoms with Crippen LogP contribution in [0, 0.1) is 0 Å². The van der Waals surface area contributed by atoms with Crippen molar-refractivity contribution in [3.63, 3.8) is 0 Å². The molecule has 0 aliphatic heterocycles. The number of anilines is 1. The van der Waals surface area contributed by atoms with Gasteiger partial charge in [0, 0.05) is 11.9 Å². The Bertz CT molecular complexity index is 572. The van der Waals surface area contributed by atoms with E-state index in [1.54, 1.807) is 36.5 Å². The second-order valence-electron chi connectivity index (χ2n) is 3.86. The van der Waals surface area contributed by atoms with Gasteiger partial charge in [-0.05, 0) is 30.3 Å². The van der Waals surface area contributed by atoms with E-state index in [0.717, 1.165) is 0 Å². The zero-order valence-electron chi connectivity index (χ0n) is 10.5. The Morgan fingerprint density at radius 2 is 2.26 bits per heavy atom. The Balaban J connectivity index is 2.10. The van der Waals surface area contributed by atoms with Crippen LogP contribution in [0.15, 0.2) is 36.5 Å². The van der Waals surface area contributed by atoms with E-state index in [1.165, 1.54) is 7.11 Å². The maximum absolute atomic E-state index is 12.1. The van der Waals surface area contributed by atoms with Crippen molar-refractivity contribution in [2.45, 2.75) is 6.54 Å². The molecule has 1 aromatic carbocycles. The number of carbonyl (C=O) groups is 1. The molecule has 0 saturated heterocycles. The van der Waals surface area contributed by atoms with Gasteiger partial charge >= 0.3 is 0 Å². The van der Waals surface area contributed by atoms with Crippen LogP contribution in [0.5, 0.6) is 5.75 Å². The molecule has 0 fully saturated rings. The van der Waals surface area contributed by atoms with Gasteiger partial charge in [-0.25, -0.2) is 0 Å². The predicted molar refractivity (Wildman–Crippen MR) is 70.6 cm³/mol. The Kier molecular flexibility index (Phi) is 3.92. The lowest BCUT2D eigenvalue weighted by atomic mass is 10.1. The number of carbonyl (C=O) groups excluding carboxylic acids is 1. The number of methoxy groups -OCH3 is 1. The van der Waals surface area contributed by atoms with Gasteiger partial charge in [-0.3, -0.25) is 4.79 Å². The number of nitrogens with zero attached hydrogens (tertiary/aromatic N) is 2. The molecule has 0 unspecified atom stereocenters. The van der Waals surface area contributed by atoms with Crippen molar-refractivity contribution >= 4 is 11.6 Å². The van der Waals surface area contributed by atoms with Crippen LogP contribution in [0.25, 0.3) is 0 Å². The van der Waals surface area contributed by atoms with Gasteiger partial charge in [0.25, 0.3) is 5.91 Å². The van der Waals surface area contributed by atoms with Gasteiger partial charge in [0.15, 0.2) is 0 Å². The topological polar surface area (TPSA) is 90.1 Å². The van der Waals surface area contributed by atoms with Gasteiger partial charge in [-0.2, -0.15) is 10.2 Å². The van der Waals surface area contributed by atoms with Crippen LogP contribution in [0.3, 0.4) is 0 Å². The van der Waals surface area contributed by atoms with Crippen molar-refractivity contribution in [3.8, 4) is 5.75 Å². The number of aromatic nitrogens is 2. The second kappa shape index (κ2) is 5.81. The molecule has 6 nitrogen and oxygen atoms in total. The van der Waals surface area contributed by atoms with E-state index < -0.39 is 0 Å². The molecule has 0 saturated carbocycles. The van der Waals surface area contributed by atoms with E-state index in [0.29, 0.717) is 29.2 Å². The Labute approximate surface area is 110 Å². The maximum atomic E-state index is 12.1. The van der Waals surface area contributed by atoms with Crippen LogP contribution in [-0.2, 0) is 6.54 Å². The molecule has 2 rings (SSSR count). The average Bonchev–Trinajstić information content (AvgIpc) is 2.46. The highest BCUT2D eigenvalue weighted by molar-refractivity contribution is 5.97. The van der Waals surface area contributed by atoms with Crippen molar-refractivity contribution in [2.75, 3.05) is 12.8 Å². The fraction of sp³-hybridized carbons (Fsp3) is 0.154. The summed E-state index contributed by atoms with van der Waals surface area (Å²) in [6.07, 6.45) is 1.58. The highest BCUT2D eigenvalue weighted by Gasteiger charge is 2.12. The van der Waals surface area contributed by atoms with E-state index in [2.05, 4.69) is 15.5 Å². The van der Waals surface area contributed by atoms with Crippen LogP contribution in [0.4, 0.5) is 5.69 Å². The lowest BCUT2D eigenvalue weighted by Crippen LogP contribution is -2.24. The minimum Gasteiger partial charge on any atom is -0.496 e. The van der Waals surface area contributed by atoms with Gasteiger partial charge in [-0.15, -0.1) is 0 Å². The first kappa shape index (κ1) is 12.8. The summed E-state index contributed by atoms with van der Waals surface area (Å²) in [6.45, 7) is 0.296. The molecule has 0 radical (unpaired) electrons. The van der Waals surface area contributed by atoms with E-state index in [4.69, 9.17) is 10.5 Å². The Morgan fingerprint density at radius 3 is 2.95 bits per heavy atom. The van der Waals surface area contributed by atoms with E-state index in [9.17, 15) is 4.79 Å². The first-order valence-electron chi connectivity index (χ1n) is 5.69. The number of nitrogens with two attached hydrogens (primary N) is 1. The number of hydrogen-bond donors (Lipinski definition) is 2. The third-order valence-electron chi connectivity index (χ3n) is 2.53. The van der Waals surface area contributed by atoms with Crippen LogP contribution in [0.2, 0.25) is 0 Å². The summed E-state index contributed by atoms with van der Waals surface area (Å²) in [5, 5.41) is 10.4. The summed E-state index contributed by atoms with van der Waals surface area (Å²) in [7, 11) is 1.50. The van der Waals surface area contributed by atoms with Gasteiger partial charge in [0.1, 0.15) is 5.75 Å². The van der Waals surface area contributed by atoms with Gasteiger partial charge in [0.05, 0.1) is 24.9 Å². The summed E-state index contributed by atoms with van der Waals surface area (Å²) < 4.78 is 5.13. The van der Waals surface area contributed by atoms with Crippen LogP contribution in [0.1, 0.15) is 16.1 Å². The van der Waals surface area contributed by atoms with Gasteiger partial charge in [0.2, 0.25) is 0 Å². The maximum Gasteiger partial charge on any atom is 0.255 e. The quantitative estimate of drug-likeness (QED) is 0.798. The smallest absolute Gasteiger partial charge is 0.255 e.